The number of nitrogens with zero attached hydrogens (tertiary/aromatic N) is 1. The zero-order valence-corrected chi connectivity index (χ0v) is 14.1. The molecule has 1 saturated heterocycles. The predicted octanol–water partition coefficient (Wildman–Crippen LogP) is 2.16. The molecule has 1 aromatic rings. The molecule has 1 heterocycles. The van der Waals surface area contributed by atoms with Crippen molar-refractivity contribution in [2.75, 3.05) is 19.3 Å². The molecule has 1 N–H and O–H groups in total. The van der Waals surface area contributed by atoms with Crippen LogP contribution in [0.5, 0.6) is 0 Å². The zero-order valence-electron chi connectivity index (χ0n) is 13.3. The van der Waals surface area contributed by atoms with Gasteiger partial charge in [-0.3, -0.25) is 0 Å². The van der Waals surface area contributed by atoms with Crippen molar-refractivity contribution in [3.63, 3.8) is 0 Å². The van der Waals surface area contributed by atoms with E-state index >= 15 is 0 Å². The van der Waals surface area contributed by atoms with E-state index in [-0.39, 0.29) is 17.9 Å². The maximum Gasteiger partial charge on any atom is 0.211 e. The first-order valence-electron chi connectivity index (χ1n) is 7.81. The number of halogens is 1. The molecule has 0 unspecified atom stereocenters. The van der Waals surface area contributed by atoms with E-state index in [0.29, 0.717) is 19.5 Å². The molecule has 1 aliphatic rings. The van der Waals surface area contributed by atoms with Crippen LogP contribution in [0.4, 0.5) is 4.39 Å². The van der Waals surface area contributed by atoms with Crippen LogP contribution in [0, 0.1) is 5.82 Å². The van der Waals surface area contributed by atoms with Crippen LogP contribution in [0.15, 0.2) is 24.3 Å². The van der Waals surface area contributed by atoms with Gasteiger partial charge in [-0.2, -0.15) is 4.31 Å². The van der Waals surface area contributed by atoms with E-state index in [1.54, 1.807) is 10.4 Å². The molecular weight excluding hydrogens is 303 g/mol. The van der Waals surface area contributed by atoms with Gasteiger partial charge < -0.3 is 5.32 Å². The summed E-state index contributed by atoms with van der Waals surface area (Å²) in [5, 5.41) is 3.39. The highest BCUT2D eigenvalue weighted by Crippen LogP contribution is 2.20. The van der Waals surface area contributed by atoms with Crippen LogP contribution in [-0.4, -0.2) is 44.2 Å². The first kappa shape index (κ1) is 17.4. The molecule has 2 rings (SSSR count). The molecule has 6 heteroatoms. The van der Waals surface area contributed by atoms with E-state index in [1.807, 2.05) is 12.1 Å². The minimum Gasteiger partial charge on any atom is -0.313 e. The van der Waals surface area contributed by atoms with Gasteiger partial charge in [0.1, 0.15) is 5.82 Å². The molecule has 1 fully saturated rings. The maximum absolute atomic E-state index is 13.6. The van der Waals surface area contributed by atoms with Crippen LogP contribution in [0.1, 0.15) is 31.7 Å². The van der Waals surface area contributed by atoms with E-state index in [9.17, 15) is 12.8 Å². The summed E-state index contributed by atoms with van der Waals surface area (Å²) in [5.74, 6) is -0.159. The number of sulfonamides is 1. The van der Waals surface area contributed by atoms with Crippen molar-refractivity contribution in [3.05, 3.63) is 35.6 Å². The Labute approximate surface area is 132 Å². The predicted molar refractivity (Wildman–Crippen MR) is 86.8 cm³/mol. The molecule has 124 valence electrons. The smallest absolute Gasteiger partial charge is 0.211 e. The molecule has 1 aliphatic heterocycles. The van der Waals surface area contributed by atoms with Crippen LogP contribution in [0.2, 0.25) is 0 Å². The minimum atomic E-state index is -3.12. The van der Waals surface area contributed by atoms with E-state index in [1.165, 1.54) is 12.3 Å². The highest BCUT2D eigenvalue weighted by atomic mass is 32.2. The first-order chi connectivity index (χ1) is 10.4. The maximum atomic E-state index is 13.6. The summed E-state index contributed by atoms with van der Waals surface area (Å²) in [6.45, 7) is 3.33. The molecule has 0 bridgehead atoms. The summed E-state index contributed by atoms with van der Waals surface area (Å²) in [5.41, 5.74) is 0.731. The Morgan fingerprint density at radius 2 is 2.14 bits per heavy atom. The van der Waals surface area contributed by atoms with E-state index < -0.39 is 10.0 Å². The largest absolute Gasteiger partial charge is 0.313 e. The molecule has 4 nitrogen and oxygen atoms in total. The summed E-state index contributed by atoms with van der Waals surface area (Å²) in [6, 6.07) is 7.10. The van der Waals surface area contributed by atoms with Gasteiger partial charge in [0.2, 0.25) is 10.0 Å². The molecule has 22 heavy (non-hydrogen) atoms. The highest BCUT2D eigenvalue weighted by molar-refractivity contribution is 7.88. The second-order valence-electron chi connectivity index (χ2n) is 6.11. The van der Waals surface area contributed by atoms with Gasteiger partial charge in [-0.05, 0) is 44.2 Å². The normalized spacial score (nSPS) is 21.1. The molecule has 0 saturated carbocycles. The Morgan fingerprint density at radius 3 is 2.82 bits per heavy atom. The summed E-state index contributed by atoms with van der Waals surface area (Å²) >= 11 is 0. The topological polar surface area (TPSA) is 49.4 Å². The average molecular weight is 328 g/mol. The Bertz CT molecular complexity index is 592. The van der Waals surface area contributed by atoms with Gasteiger partial charge >= 0.3 is 0 Å². The Hall–Kier alpha value is -0.980. The lowest BCUT2D eigenvalue weighted by Crippen LogP contribution is -2.43. The van der Waals surface area contributed by atoms with Crippen molar-refractivity contribution in [1.82, 2.24) is 9.62 Å². The number of aryl methyl sites for hydroxylation is 1. The molecule has 2 atom stereocenters. The number of hydrogen-bond donors (Lipinski definition) is 1. The lowest BCUT2D eigenvalue weighted by Gasteiger charge is -2.24. The van der Waals surface area contributed by atoms with Crippen LogP contribution in [-0.2, 0) is 16.4 Å². The second kappa shape index (κ2) is 7.53. The fraction of sp³-hybridized carbons (Fsp3) is 0.625. The third kappa shape index (κ3) is 4.76. The third-order valence-electron chi connectivity index (χ3n) is 4.26. The molecule has 0 aromatic heterocycles. The Morgan fingerprint density at radius 1 is 1.41 bits per heavy atom. The van der Waals surface area contributed by atoms with Crippen LogP contribution in [0.3, 0.4) is 0 Å². The molecular formula is C16H25FN2O2S. The first-order valence-corrected chi connectivity index (χ1v) is 9.66. The van der Waals surface area contributed by atoms with Crippen molar-refractivity contribution in [3.8, 4) is 0 Å². The van der Waals surface area contributed by atoms with Crippen molar-refractivity contribution < 1.29 is 12.8 Å². The lowest BCUT2D eigenvalue weighted by atomic mass is 10.1. The van der Waals surface area contributed by atoms with E-state index in [0.717, 1.165) is 24.8 Å². The van der Waals surface area contributed by atoms with Gasteiger partial charge in [0.25, 0.3) is 0 Å². The lowest BCUT2D eigenvalue weighted by molar-refractivity contribution is 0.357. The van der Waals surface area contributed by atoms with Crippen molar-refractivity contribution in [2.24, 2.45) is 0 Å². The van der Waals surface area contributed by atoms with E-state index in [4.69, 9.17) is 0 Å². The number of nitrogens with one attached hydrogen (secondary N) is 1. The van der Waals surface area contributed by atoms with Gasteiger partial charge in [0.05, 0.1) is 6.26 Å². The summed E-state index contributed by atoms with van der Waals surface area (Å²) < 4.78 is 38.5. The quantitative estimate of drug-likeness (QED) is 0.834. The molecule has 0 aliphatic carbocycles. The van der Waals surface area contributed by atoms with Gasteiger partial charge in [0, 0.05) is 25.2 Å². The van der Waals surface area contributed by atoms with Crippen LogP contribution < -0.4 is 5.32 Å². The average Bonchev–Trinajstić information content (AvgIpc) is 2.93. The zero-order chi connectivity index (χ0) is 16.2. The van der Waals surface area contributed by atoms with Crippen LogP contribution >= 0.6 is 0 Å². The fourth-order valence-corrected chi connectivity index (χ4v) is 4.14. The highest BCUT2D eigenvalue weighted by Gasteiger charge is 2.31. The standard InChI is InChI=1S/C16H25FN2O2S/c1-13(9-10-14-6-3-4-8-16(14)17)18-12-15-7-5-11-19(15)22(2,20)21/h3-4,6,8,13,15,18H,5,7,9-12H2,1-2H3/t13-,15-/m1/s1. The Kier molecular flexibility index (Phi) is 5.94. The van der Waals surface area contributed by atoms with Crippen molar-refractivity contribution >= 4 is 10.0 Å². The van der Waals surface area contributed by atoms with Gasteiger partial charge in [-0.25, -0.2) is 12.8 Å². The van der Waals surface area contributed by atoms with Gasteiger partial charge in [-0.1, -0.05) is 18.2 Å². The number of benzene rings is 1. The molecule has 0 radical (unpaired) electrons. The van der Waals surface area contributed by atoms with Crippen molar-refractivity contribution in [2.45, 2.75) is 44.7 Å². The molecule has 1 aromatic carbocycles. The van der Waals surface area contributed by atoms with E-state index in [2.05, 4.69) is 12.2 Å². The number of hydrogen-bond acceptors (Lipinski definition) is 3. The third-order valence-corrected chi connectivity index (χ3v) is 5.59. The van der Waals surface area contributed by atoms with Gasteiger partial charge in [0.15, 0.2) is 0 Å². The SMILES string of the molecule is C[C@H](CCc1ccccc1F)NC[C@H]1CCCN1S(C)(=O)=O. The minimum absolute atomic E-state index is 0.0471. The van der Waals surface area contributed by atoms with Crippen LogP contribution in [0.25, 0.3) is 0 Å². The monoisotopic (exact) mass is 328 g/mol. The summed E-state index contributed by atoms with van der Waals surface area (Å²) in [6.07, 6.45) is 4.60. The summed E-state index contributed by atoms with van der Waals surface area (Å²) in [4.78, 5) is 0. The van der Waals surface area contributed by atoms with Crippen molar-refractivity contribution in [1.29, 1.82) is 0 Å². The Balaban J connectivity index is 1.78. The molecule has 0 amide bonds. The number of rotatable bonds is 7. The fourth-order valence-electron chi connectivity index (χ4n) is 2.96. The summed E-state index contributed by atoms with van der Waals surface area (Å²) in [7, 11) is -3.12. The van der Waals surface area contributed by atoms with Gasteiger partial charge in [-0.15, -0.1) is 0 Å². The second-order valence-corrected chi connectivity index (χ2v) is 8.04. The molecule has 0 spiro atoms.